The summed E-state index contributed by atoms with van der Waals surface area (Å²) >= 11 is 0. The first-order valence-corrected chi connectivity index (χ1v) is 5.38. The molecule has 1 aromatic carbocycles. The highest BCUT2D eigenvalue weighted by molar-refractivity contribution is 6.09. The second kappa shape index (κ2) is 4.72. The van der Waals surface area contributed by atoms with Crippen molar-refractivity contribution in [1.82, 2.24) is 4.98 Å². The molecule has 0 radical (unpaired) electrons. The lowest BCUT2D eigenvalue weighted by atomic mass is 10.0. The molecule has 5 nitrogen and oxygen atoms in total. The molecule has 90 valence electrons. The number of rotatable bonds is 4. The average molecular weight is 242 g/mol. The normalized spacial score (nSPS) is 10.2. The molecule has 0 aliphatic carbocycles. The van der Waals surface area contributed by atoms with Gasteiger partial charge in [0.2, 0.25) is 0 Å². The quantitative estimate of drug-likeness (QED) is 0.802. The van der Waals surface area contributed by atoms with Crippen LogP contribution in [0.3, 0.4) is 0 Å². The maximum atomic E-state index is 11.9. The Bertz CT molecular complexity index is 664. The molecule has 0 saturated heterocycles. The summed E-state index contributed by atoms with van der Waals surface area (Å²) in [5, 5.41) is 18.1. The molecule has 0 bridgehead atoms. The molecular formula is C13H10N2O3. The van der Waals surface area contributed by atoms with E-state index in [-0.39, 0.29) is 18.6 Å². The number of aromatic amines is 1. The maximum absolute atomic E-state index is 11.9. The van der Waals surface area contributed by atoms with Crippen LogP contribution in [0.4, 0.5) is 0 Å². The van der Waals surface area contributed by atoms with Crippen molar-refractivity contribution in [2.24, 2.45) is 0 Å². The fourth-order valence-electron chi connectivity index (χ4n) is 1.83. The van der Waals surface area contributed by atoms with Crippen molar-refractivity contribution >= 4 is 22.7 Å². The molecule has 0 aliphatic rings. The van der Waals surface area contributed by atoms with Gasteiger partial charge in [0.25, 0.3) is 0 Å². The average Bonchev–Trinajstić information content (AvgIpc) is 2.79. The Hall–Kier alpha value is -2.61. The predicted molar refractivity (Wildman–Crippen MR) is 64.2 cm³/mol. The molecule has 1 aromatic heterocycles. The number of H-pyrrole nitrogens is 1. The minimum atomic E-state index is -0.999. The Morgan fingerprint density at radius 3 is 2.78 bits per heavy atom. The molecule has 5 heteroatoms. The van der Waals surface area contributed by atoms with Crippen molar-refractivity contribution in [2.45, 2.75) is 12.8 Å². The van der Waals surface area contributed by atoms with Crippen LogP contribution in [-0.4, -0.2) is 21.8 Å². The molecule has 0 atom stereocenters. The number of carbonyl (C=O) groups is 2. The topological polar surface area (TPSA) is 93.9 Å². The van der Waals surface area contributed by atoms with Gasteiger partial charge >= 0.3 is 5.97 Å². The zero-order valence-corrected chi connectivity index (χ0v) is 9.43. The number of aromatic nitrogens is 1. The van der Waals surface area contributed by atoms with E-state index in [0.717, 1.165) is 0 Å². The van der Waals surface area contributed by atoms with E-state index in [1.54, 1.807) is 18.2 Å². The Labute approximate surface area is 103 Å². The third-order valence-corrected chi connectivity index (χ3v) is 2.70. The van der Waals surface area contributed by atoms with Gasteiger partial charge in [0.15, 0.2) is 5.78 Å². The molecule has 0 unspecified atom stereocenters. The number of para-hydroxylation sites is 1. The molecule has 2 aromatic rings. The van der Waals surface area contributed by atoms with E-state index >= 15 is 0 Å². The van der Waals surface area contributed by atoms with Crippen molar-refractivity contribution < 1.29 is 14.7 Å². The van der Waals surface area contributed by atoms with Crippen LogP contribution in [-0.2, 0) is 4.79 Å². The lowest BCUT2D eigenvalue weighted by Gasteiger charge is -1.97. The summed E-state index contributed by atoms with van der Waals surface area (Å²) in [5.74, 6) is -1.24. The van der Waals surface area contributed by atoms with Gasteiger partial charge in [-0.2, -0.15) is 5.26 Å². The van der Waals surface area contributed by atoms with Crippen LogP contribution in [0.2, 0.25) is 0 Å². The number of nitrogens with zero attached hydrogens (tertiary/aromatic N) is 1. The summed E-state index contributed by atoms with van der Waals surface area (Å²) in [7, 11) is 0. The monoisotopic (exact) mass is 242 g/mol. The number of carboxylic acids is 1. The van der Waals surface area contributed by atoms with Gasteiger partial charge in [-0.3, -0.25) is 9.59 Å². The zero-order valence-electron chi connectivity index (χ0n) is 9.43. The summed E-state index contributed by atoms with van der Waals surface area (Å²) in [4.78, 5) is 25.2. The largest absolute Gasteiger partial charge is 0.481 e. The summed E-state index contributed by atoms with van der Waals surface area (Å²) in [6.45, 7) is 0. The number of Topliss-reactive ketones (excluding diaryl/α,β-unsaturated/α-hetero) is 1. The van der Waals surface area contributed by atoms with Crippen LogP contribution in [0.1, 0.15) is 28.8 Å². The van der Waals surface area contributed by atoms with E-state index in [4.69, 9.17) is 10.4 Å². The summed E-state index contributed by atoms with van der Waals surface area (Å²) in [6.07, 6.45) is 1.29. The fourth-order valence-corrected chi connectivity index (χ4v) is 1.83. The molecule has 18 heavy (non-hydrogen) atoms. The molecule has 0 saturated carbocycles. The number of nitriles is 1. The number of benzene rings is 1. The van der Waals surface area contributed by atoms with Gasteiger partial charge in [0, 0.05) is 23.6 Å². The Balaban J connectivity index is 2.38. The van der Waals surface area contributed by atoms with Crippen LogP contribution in [0.25, 0.3) is 10.9 Å². The number of carboxylic acid groups (broad SMARTS) is 1. The van der Waals surface area contributed by atoms with Crippen LogP contribution >= 0.6 is 0 Å². The van der Waals surface area contributed by atoms with Crippen molar-refractivity contribution in [3.05, 3.63) is 35.5 Å². The maximum Gasteiger partial charge on any atom is 0.303 e. The van der Waals surface area contributed by atoms with Crippen LogP contribution in [0, 0.1) is 11.3 Å². The van der Waals surface area contributed by atoms with Gasteiger partial charge in [-0.25, -0.2) is 0 Å². The van der Waals surface area contributed by atoms with E-state index in [0.29, 0.717) is 22.0 Å². The Morgan fingerprint density at radius 1 is 1.33 bits per heavy atom. The minimum Gasteiger partial charge on any atom is -0.481 e. The van der Waals surface area contributed by atoms with Crippen LogP contribution < -0.4 is 0 Å². The van der Waals surface area contributed by atoms with Crippen LogP contribution in [0.5, 0.6) is 0 Å². The lowest BCUT2D eigenvalue weighted by molar-refractivity contribution is -0.136. The summed E-state index contributed by atoms with van der Waals surface area (Å²) in [5.41, 5.74) is 1.51. The molecule has 1 heterocycles. The third kappa shape index (κ3) is 2.09. The highest BCUT2D eigenvalue weighted by Gasteiger charge is 2.14. The van der Waals surface area contributed by atoms with Gasteiger partial charge in [0.1, 0.15) is 6.07 Å². The molecule has 0 amide bonds. The lowest BCUT2D eigenvalue weighted by Crippen LogP contribution is -2.03. The highest BCUT2D eigenvalue weighted by atomic mass is 16.4. The zero-order chi connectivity index (χ0) is 13.1. The van der Waals surface area contributed by atoms with Gasteiger partial charge in [-0.05, 0) is 6.07 Å². The fraction of sp³-hybridized carbons (Fsp3) is 0.154. The number of aliphatic carboxylic acids is 1. The van der Waals surface area contributed by atoms with Gasteiger partial charge in [0.05, 0.1) is 17.5 Å². The number of fused-ring (bicyclic) bond motifs is 1. The van der Waals surface area contributed by atoms with E-state index in [1.165, 1.54) is 6.20 Å². The minimum absolute atomic E-state index is 0.0426. The van der Waals surface area contributed by atoms with Gasteiger partial charge in [-0.15, -0.1) is 0 Å². The van der Waals surface area contributed by atoms with E-state index in [1.807, 2.05) is 6.07 Å². The van der Waals surface area contributed by atoms with Crippen LogP contribution in [0.15, 0.2) is 24.4 Å². The highest BCUT2D eigenvalue weighted by Crippen LogP contribution is 2.22. The number of hydrogen-bond acceptors (Lipinski definition) is 3. The second-order valence-corrected chi connectivity index (χ2v) is 3.86. The molecule has 0 fully saturated rings. The first-order chi connectivity index (χ1) is 8.63. The Kier molecular flexibility index (Phi) is 3.11. The standard InChI is InChI=1S/C13H10N2O3/c14-6-8-2-1-3-9-10(7-15-13(8)9)11(16)4-5-12(17)18/h1-3,7,15H,4-5H2,(H,17,18). The SMILES string of the molecule is N#Cc1cccc2c(C(=O)CCC(=O)O)c[nH]c12. The van der Waals surface area contributed by atoms with Crippen molar-refractivity contribution in [1.29, 1.82) is 5.26 Å². The summed E-state index contributed by atoms with van der Waals surface area (Å²) in [6, 6.07) is 7.13. The van der Waals surface area contributed by atoms with E-state index in [2.05, 4.69) is 4.98 Å². The van der Waals surface area contributed by atoms with Gasteiger partial charge in [-0.1, -0.05) is 12.1 Å². The smallest absolute Gasteiger partial charge is 0.303 e. The second-order valence-electron chi connectivity index (χ2n) is 3.86. The van der Waals surface area contributed by atoms with Crippen molar-refractivity contribution in [3.8, 4) is 6.07 Å². The summed E-state index contributed by atoms with van der Waals surface area (Å²) < 4.78 is 0. The molecule has 2 rings (SSSR count). The van der Waals surface area contributed by atoms with Gasteiger partial charge < -0.3 is 10.1 Å². The number of nitrogens with one attached hydrogen (secondary N) is 1. The first-order valence-electron chi connectivity index (χ1n) is 5.38. The molecule has 2 N–H and O–H groups in total. The predicted octanol–water partition coefficient (Wildman–Crippen LogP) is 2.09. The number of carbonyl (C=O) groups excluding carboxylic acids is 1. The Morgan fingerprint density at radius 2 is 2.11 bits per heavy atom. The first kappa shape index (κ1) is 11.9. The van der Waals surface area contributed by atoms with E-state index < -0.39 is 5.97 Å². The van der Waals surface area contributed by atoms with E-state index in [9.17, 15) is 9.59 Å². The van der Waals surface area contributed by atoms with Crippen molar-refractivity contribution in [2.75, 3.05) is 0 Å². The molecule has 0 aliphatic heterocycles. The van der Waals surface area contributed by atoms with Crippen molar-refractivity contribution in [3.63, 3.8) is 0 Å². The number of hydrogen-bond donors (Lipinski definition) is 2. The molecule has 0 spiro atoms. The third-order valence-electron chi connectivity index (χ3n) is 2.70. The molecular weight excluding hydrogens is 232 g/mol. The number of ketones is 1.